The van der Waals surface area contributed by atoms with Crippen LogP contribution in [-0.4, -0.2) is 29.1 Å². The van der Waals surface area contributed by atoms with Crippen LogP contribution in [0.15, 0.2) is 71.8 Å². The molecule has 2 N–H and O–H groups in total. The smallest absolute Gasteiger partial charge is 0.153 e. The highest BCUT2D eigenvalue weighted by molar-refractivity contribution is 7.99. The summed E-state index contributed by atoms with van der Waals surface area (Å²) in [5, 5.41) is 4.61. The molecule has 138 valence electrons. The number of Topliss-reactive ketones (excluding diaryl/α,β-unsaturated/α-hetero) is 1. The monoisotopic (exact) mass is 376 g/mol. The average Bonchev–Trinajstić information content (AvgIpc) is 3.15. The lowest BCUT2D eigenvalue weighted by molar-refractivity contribution is -0.123. The van der Waals surface area contributed by atoms with Crippen LogP contribution in [0.1, 0.15) is 18.9 Å². The van der Waals surface area contributed by atoms with Crippen molar-refractivity contribution >= 4 is 34.0 Å². The first-order chi connectivity index (χ1) is 13.2. The second kappa shape index (κ2) is 8.15. The number of thioether (sulfide) groups is 1. The third-order valence-corrected chi connectivity index (χ3v) is 6.47. The molecule has 0 bridgehead atoms. The molecule has 0 radical (unpaired) electrons. The number of carbonyl (C=O) groups is 1. The number of ketones is 1. The van der Waals surface area contributed by atoms with Crippen molar-refractivity contribution in [2.24, 2.45) is 5.92 Å². The van der Waals surface area contributed by atoms with Gasteiger partial charge in [-0.3, -0.25) is 4.79 Å². The summed E-state index contributed by atoms with van der Waals surface area (Å²) >= 11 is 1.76. The fraction of sp³-hybridized carbons (Fsp3) is 0.261. The number of aromatic nitrogens is 1. The lowest BCUT2D eigenvalue weighted by Gasteiger charge is -2.26. The SMILES string of the molecule is CC(CSc1c[nH]c2ccccc12)C(=O)C1CC(c2ccccc2)=CCN1. The van der Waals surface area contributed by atoms with Crippen LogP contribution in [0, 0.1) is 5.92 Å². The predicted octanol–water partition coefficient (Wildman–Crippen LogP) is 4.91. The summed E-state index contributed by atoms with van der Waals surface area (Å²) in [6.07, 6.45) is 5.01. The highest BCUT2D eigenvalue weighted by Crippen LogP contribution is 2.30. The normalized spacial score (nSPS) is 18.3. The molecule has 1 aromatic heterocycles. The molecular weight excluding hydrogens is 352 g/mol. The van der Waals surface area contributed by atoms with E-state index in [0.717, 1.165) is 24.2 Å². The Hall–Kier alpha value is -2.30. The number of rotatable bonds is 6. The molecule has 3 aromatic rings. The maximum atomic E-state index is 13.0. The van der Waals surface area contributed by atoms with E-state index in [1.165, 1.54) is 21.4 Å². The number of aromatic amines is 1. The van der Waals surface area contributed by atoms with Crippen LogP contribution in [0.25, 0.3) is 16.5 Å². The van der Waals surface area contributed by atoms with Crippen molar-refractivity contribution < 1.29 is 4.79 Å². The predicted molar refractivity (Wildman–Crippen MR) is 114 cm³/mol. The minimum Gasteiger partial charge on any atom is -0.360 e. The summed E-state index contributed by atoms with van der Waals surface area (Å²) in [7, 11) is 0. The van der Waals surface area contributed by atoms with Gasteiger partial charge in [0.15, 0.2) is 5.78 Å². The summed E-state index contributed by atoms with van der Waals surface area (Å²) in [6.45, 7) is 2.80. The largest absolute Gasteiger partial charge is 0.360 e. The molecule has 1 aliphatic rings. The summed E-state index contributed by atoms with van der Waals surface area (Å²) in [5.74, 6) is 1.11. The first-order valence-corrected chi connectivity index (χ1v) is 10.4. The fourth-order valence-corrected chi connectivity index (χ4v) is 4.66. The Morgan fingerprint density at radius 1 is 1.15 bits per heavy atom. The first-order valence-electron chi connectivity index (χ1n) is 9.43. The van der Waals surface area contributed by atoms with Crippen LogP contribution in [0.4, 0.5) is 0 Å². The van der Waals surface area contributed by atoms with Gasteiger partial charge in [0.1, 0.15) is 0 Å². The van der Waals surface area contributed by atoms with Crippen molar-refractivity contribution in [1.82, 2.24) is 10.3 Å². The van der Waals surface area contributed by atoms with Gasteiger partial charge in [0.25, 0.3) is 0 Å². The zero-order valence-corrected chi connectivity index (χ0v) is 16.3. The van der Waals surface area contributed by atoms with Crippen LogP contribution < -0.4 is 5.32 Å². The molecule has 2 aromatic carbocycles. The van der Waals surface area contributed by atoms with Crippen molar-refractivity contribution in [2.45, 2.75) is 24.3 Å². The molecule has 0 aliphatic carbocycles. The Morgan fingerprint density at radius 3 is 2.78 bits per heavy atom. The Labute approximate surface area is 164 Å². The average molecular weight is 377 g/mol. The molecule has 27 heavy (non-hydrogen) atoms. The van der Waals surface area contributed by atoms with Crippen LogP contribution in [-0.2, 0) is 4.79 Å². The second-order valence-corrected chi connectivity index (χ2v) is 8.14. The zero-order valence-electron chi connectivity index (χ0n) is 15.4. The van der Waals surface area contributed by atoms with Crippen molar-refractivity contribution in [3.8, 4) is 0 Å². The molecule has 0 saturated heterocycles. The van der Waals surface area contributed by atoms with E-state index in [1.807, 2.05) is 25.3 Å². The number of hydrogen-bond acceptors (Lipinski definition) is 3. The van der Waals surface area contributed by atoms with Crippen LogP contribution in [0.3, 0.4) is 0 Å². The number of para-hydroxylation sites is 1. The summed E-state index contributed by atoms with van der Waals surface area (Å²) in [6, 6.07) is 18.6. The Bertz CT molecular complexity index is 961. The van der Waals surface area contributed by atoms with E-state index in [4.69, 9.17) is 0 Å². The van der Waals surface area contributed by atoms with Crippen molar-refractivity contribution in [1.29, 1.82) is 0 Å². The van der Waals surface area contributed by atoms with Gasteiger partial charge >= 0.3 is 0 Å². The third-order valence-electron chi connectivity index (χ3n) is 5.15. The minimum atomic E-state index is -0.0937. The fourth-order valence-electron chi connectivity index (χ4n) is 3.59. The molecule has 2 atom stereocenters. The van der Waals surface area contributed by atoms with Gasteiger partial charge in [-0.05, 0) is 23.6 Å². The van der Waals surface area contributed by atoms with Gasteiger partial charge in [-0.1, -0.05) is 61.5 Å². The van der Waals surface area contributed by atoms with Gasteiger partial charge in [-0.25, -0.2) is 0 Å². The number of fused-ring (bicyclic) bond motifs is 1. The molecule has 4 rings (SSSR count). The topological polar surface area (TPSA) is 44.9 Å². The van der Waals surface area contributed by atoms with Crippen molar-refractivity contribution in [3.63, 3.8) is 0 Å². The van der Waals surface area contributed by atoms with Crippen molar-refractivity contribution in [3.05, 3.63) is 72.4 Å². The highest BCUT2D eigenvalue weighted by atomic mass is 32.2. The van der Waals surface area contributed by atoms with E-state index in [2.05, 4.69) is 58.8 Å². The maximum Gasteiger partial charge on any atom is 0.153 e. The zero-order chi connectivity index (χ0) is 18.6. The molecule has 2 unspecified atom stereocenters. The van der Waals surface area contributed by atoms with E-state index in [0.29, 0.717) is 5.78 Å². The van der Waals surface area contributed by atoms with Gasteiger partial charge in [0.2, 0.25) is 0 Å². The Kier molecular flexibility index (Phi) is 5.46. The molecule has 1 aliphatic heterocycles. The molecule has 0 spiro atoms. The highest BCUT2D eigenvalue weighted by Gasteiger charge is 2.26. The molecule has 0 fully saturated rings. The van der Waals surface area contributed by atoms with E-state index in [-0.39, 0.29) is 12.0 Å². The number of H-pyrrole nitrogens is 1. The quantitative estimate of drug-likeness (QED) is 0.601. The first kappa shape index (κ1) is 18.1. The second-order valence-electron chi connectivity index (χ2n) is 7.07. The van der Waals surface area contributed by atoms with Gasteiger partial charge in [-0.2, -0.15) is 0 Å². The number of hydrogen-bond donors (Lipinski definition) is 2. The molecule has 4 heteroatoms. The van der Waals surface area contributed by atoms with E-state index < -0.39 is 0 Å². The summed E-state index contributed by atoms with van der Waals surface area (Å²) < 4.78 is 0. The summed E-state index contributed by atoms with van der Waals surface area (Å²) in [5.41, 5.74) is 3.63. The molecule has 0 saturated carbocycles. The van der Waals surface area contributed by atoms with Gasteiger partial charge < -0.3 is 10.3 Å². The van der Waals surface area contributed by atoms with Crippen LogP contribution in [0.5, 0.6) is 0 Å². The molecule has 2 heterocycles. The minimum absolute atomic E-state index is 0.0104. The van der Waals surface area contributed by atoms with Gasteiger partial charge in [0, 0.05) is 40.2 Å². The van der Waals surface area contributed by atoms with Gasteiger partial charge in [-0.15, -0.1) is 11.8 Å². The lowest BCUT2D eigenvalue weighted by Crippen LogP contribution is -2.42. The van der Waals surface area contributed by atoms with Crippen molar-refractivity contribution in [2.75, 3.05) is 12.3 Å². The number of nitrogens with one attached hydrogen (secondary N) is 2. The molecule has 0 amide bonds. The Morgan fingerprint density at radius 2 is 1.93 bits per heavy atom. The van der Waals surface area contributed by atoms with E-state index in [1.54, 1.807) is 11.8 Å². The summed E-state index contributed by atoms with van der Waals surface area (Å²) in [4.78, 5) is 17.5. The molecular formula is C23H24N2OS. The number of carbonyl (C=O) groups excluding carboxylic acids is 1. The lowest BCUT2D eigenvalue weighted by atomic mass is 9.90. The van der Waals surface area contributed by atoms with E-state index in [9.17, 15) is 4.79 Å². The van der Waals surface area contributed by atoms with Gasteiger partial charge in [0.05, 0.1) is 6.04 Å². The van der Waals surface area contributed by atoms with Crippen LogP contribution in [0.2, 0.25) is 0 Å². The third kappa shape index (κ3) is 4.02. The standard InChI is InChI=1S/C23H24N2OS/c1-16(15-27-22-14-25-20-10-6-5-9-19(20)22)23(26)21-13-18(11-12-24-21)17-7-3-2-4-8-17/h2-11,14,16,21,24-25H,12-13,15H2,1H3. The molecule has 3 nitrogen and oxygen atoms in total. The Balaban J connectivity index is 1.38. The maximum absolute atomic E-state index is 13.0. The number of benzene rings is 2. The van der Waals surface area contributed by atoms with E-state index >= 15 is 0 Å². The van der Waals surface area contributed by atoms with Crippen LogP contribution >= 0.6 is 11.8 Å².